The lowest BCUT2D eigenvalue weighted by atomic mass is 10.1. The highest BCUT2D eigenvalue weighted by Crippen LogP contribution is 2.05. The number of hydrogen-bond donors (Lipinski definition) is 4. The molecule has 0 aromatic carbocycles. The van der Waals surface area contributed by atoms with Gasteiger partial charge >= 0.3 is 0 Å². The molecule has 1 atom stereocenters. The van der Waals surface area contributed by atoms with E-state index in [-0.39, 0.29) is 6.17 Å². The Morgan fingerprint density at radius 3 is 2.44 bits per heavy atom. The molecule has 0 amide bonds. The molecule has 0 aromatic heterocycles. The Kier molecular flexibility index (Phi) is 12.8. The molecular formula is C12H30N4. The molecule has 0 aliphatic rings. The van der Waals surface area contributed by atoms with Crippen LogP contribution in [0.1, 0.15) is 45.4 Å². The van der Waals surface area contributed by atoms with E-state index in [4.69, 9.17) is 11.5 Å². The van der Waals surface area contributed by atoms with Crippen molar-refractivity contribution in [1.82, 2.24) is 10.6 Å². The quantitative estimate of drug-likeness (QED) is 0.295. The Morgan fingerprint density at radius 1 is 1.00 bits per heavy atom. The summed E-state index contributed by atoms with van der Waals surface area (Å²) < 4.78 is 0. The zero-order chi connectivity index (χ0) is 12.1. The van der Waals surface area contributed by atoms with E-state index in [0.29, 0.717) is 6.54 Å². The molecule has 0 spiro atoms. The topological polar surface area (TPSA) is 76.1 Å². The van der Waals surface area contributed by atoms with E-state index in [0.717, 1.165) is 26.1 Å². The summed E-state index contributed by atoms with van der Waals surface area (Å²) in [6, 6.07) is 0. The van der Waals surface area contributed by atoms with Gasteiger partial charge in [0.05, 0.1) is 6.17 Å². The van der Waals surface area contributed by atoms with Crippen LogP contribution in [0.5, 0.6) is 0 Å². The van der Waals surface area contributed by atoms with Gasteiger partial charge in [0, 0.05) is 26.2 Å². The first-order chi connectivity index (χ1) is 7.81. The molecule has 0 bridgehead atoms. The van der Waals surface area contributed by atoms with Gasteiger partial charge in [0.15, 0.2) is 0 Å². The van der Waals surface area contributed by atoms with E-state index in [1.807, 2.05) is 0 Å². The van der Waals surface area contributed by atoms with Crippen molar-refractivity contribution in [3.8, 4) is 0 Å². The Balaban J connectivity index is 3.09. The van der Waals surface area contributed by atoms with Crippen LogP contribution in [0, 0.1) is 0 Å². The van der Waals surface area contributed by atoms with Crippen LogP contribution in [0.4, 0.5) is 0 Å². The van der Waals surface area contributed by atoms with Crippen molar-refractivity contribution in [2.24, 2.45) is 11.5 Å². The second-order valence-electron chi connectivity index (χ2n) is 4.30. The average molecular weight is 230 g/mol. The number of nitrogens with one attached hydrogen (secondary N) is 2. The molecule has 4 heteroatoms. The molecule has 4 nitrogen and oxygen atoms in total. The molecule has 0 aliphatic heterocycles. The van der Waals surface area contributed by atoms with Crippen LogP contribution in [0.15, 0.2) is 0 Å². The van der Waals surface area contributed by atoms with Gasteiger partial charge < -0.3 is 22.1 Å². The molecule has 0 fully saturated rings. The van der Waals surface area contributed by atoms with Crippen molar-refractivity contribution in [2.45, 2.75) is 51.6 Å². The summed E-state index contributed by atoms with van der Waals surface area (Å²) in [4.78, 5) is 0. The maximum absolute atomic E-state index is 5.94. The number of nitrogens with two attached hydrogens (primary N) is 2. The Morgan fingerprint density at radius 2 is 1.75 bits per heavy atom. The van der Waals surface area contributed by atoms with Gasteiger partial charge in [0.2, 0.25) is 0 Å². The summed E-state index contributed by atoms with van der Waals surface area (Å²) in [6.07, 6.45) is 7.80. The average Bonchev–Trinajstić information content (AvgIpc) is 2.28. The Labute approximate surface area is 101 Å². The monoisotopic (exact) mass is 230 g/mol. The fourth-order valence-corrected chi connectivity index (χ4v) is 1.64. The zero-order valence-corrected chi connectivity index (χ0v) is 10.8. The van der Waals surface area contributed by atoms with Crippen LogP contribution < -0.4 is 22.1 Å². The van der Waals surface area contributed by atoms with Crippen LogP contribution in [-0.4, -0.2) is 32.3 Å². The summed E-state index contributed by atoms with van der Waals surface area (Å²) in [5.74, 6) is 0. The SMILES string of the molecule is CCCCCCCC(N)NCCNCCN. The van der Waals surface area contributed by atoms with E-state index in [1.165, 1.54) is 32.1 Å². The molecule has 0 aliphatic carbocycles. The highest BCUT2D eigenvalue weighted by Gasteiger charge is 2.00. The predicted molar refractivity (Wildman–Crippen MR) is 71.3 cm³/mol. The number of unbranched alkanes of at least 4 members (excludes halogenated alkanes) is 4. The maximum Gasteiger partial charge on any atom is 0.0546 e. The van der Waals surface area contributed by atoms with Crippen molar-refractivity contribution >= 4 is 0 Å². The summed E-state index contributed by atoms with van der Waals surface area (Å²) in [5, 5.41) is 6.54. The van der Waals surface area contributed by atoms with E-state index in [9.17, 15) is 0 Å². The highest BCUT2D eigenvalue weighted by molar-refractivity contribution is 4.60. The third kappa shape index (κ3) is 11.9. The lowest BCUT2D eigenvalue weighted by Crippen LogP contribution is -2.41. The predicted octanol–water partition coefficient (Wildman–Crippen LogP) is 0.770. The normalized spacial score (nSPS) is 12.9. The molecule has 0 saturated carbocycles. The van der Waals surface area contributed by atoms with Crippen molar-refractivity contribution in [3.05, 3.63) is 0 Å². The van der Waals surface area contributed by atoms with Gasteiger partial charge in [0.1, 0.15) is 0 Å². The minimum atomic E-state index is 0.154. The van der Waals surface area contributed by atoms with Crippen LogP contribution in [-0.2, 0) is 0 Å². The van der Waals surface area contributed by atoms with Crippen molar-refractivity contribution < 1.29 is 0 Å². The first-order valence-electron chi connectivity index (χ1n) is 6.71. The van der Waals surface area contributed by atoms with Crippen molar-refractivity contribution in [2.75, 3.05) is 26.2 Å². The second kappa shape index (κ2) is 12.9. The van der Waals surface area contributed by atoms with Crippen LogP contribution in [0.2, 0.25) is 0 Å². The minimum Gasteiger partial charge on any atom is -0.329 e. The van der Waals surface area contributed by atoms with Crippen molar-refractivity contribution in [3.63, 3.8) is 0 Å². The van der Waals surface area contributed by atoms with Gasteiger partial charge in [-0.3, -0.25) is 0 Å². The molecule has 0 saturated heterocycles. The molecular weight excluding hydrogens is 200 g/mol. The molecule has 1 unspecified atom stereocenters. The molecule has 16 heavy (non-hydrogen) atoms. The van der Waals surface area contributed by atoms with Crippen LogP contribution in [0.3, 0.4) is 0 Å². The van der Waals surface area contributed by atoms with Crippen molar-refractivity contribution in [1.29, 1.82) is 0 Å². The summed E-state index contributed by atoms with van der Waals surface area (Å²) in [6.45, 7) is 5.69. The second-order valence-corrected chi connectivity index (χ2v) is 4.30. The fraction of sp³-hybridized carbons (Fsp3) is 1.00. The molecule has 0 heterocycles. The third-order valence-electron chi connectivity index (χ3n) is 2.65. The third-order valence-corrected chi connectivity index (χ3v) is 2.65. The number of rotatable bonds is 12. The largest absolute Gasteiger partial charge is 0.329 e. The first kappa shape index (κ1) is 15.8. The van der Waals surface area contributed by atoms with Gasteiger partial charge in [-0.1, -0.05) is 39.0 Å². The minimum absolute atomic E-state index is 0.154. The van der Waals surface area contributed by atoms with E-state index in [1.54, 1.807) is 0 Å². The zero-order valence-electron chi connectivity index (χ0n) is 10.8. The Hall–Kier alpha value is -0.160. The molecule has 6 N–H and O–H groups in total. The Bertz CT molecular complexity index is 116. The van der Waals surface area contributed by atoms with Gasteiger partial charge in [0.25, 0.3) is 0 Å². The first-order valence-corrected chi connectivity index (χ1v) is 6.71. The molecule has 98 valence electrons. The van der Waals surface area contributed by atoms with Gasteiger partial charge in [-0.25, -0.2) is 0 Å². The molecule has 0 radical (unpaired) electrons. The van der Waals surface area contributed by atoms with Crippen LogP contribution >= 0.6 is 0 Å². The fourth-order valence-electron chi connectivity index (χ4n) is 1.64. The van der Waals surface area contributed by atoms with Gasteiger partial charge in [-0.05, 0) is 6.42 Å². The molecule has 0 aromatic rings. The lowest BCUT2D eigenvalue weighted by molar-refractivity contribution is 0.460. The lowest BCUT2D eigenvalue weighted by Gasteiger charge is -2.13. The van der Waals surface area contributed by atoms with Gasteiger partial charge in [-0.2, -0.15) is 0 Å². The smallest absolute Gasteiger partial charge is 0.0546 e. The van der Waals surface area contributed by atoms with E-state index < -0.39 is 0 Å². The van der Waals surface area contributed by atoms with E-state index in [2.05, 4.69) is 17.6 Å². The van der Waals surface area contributed by atoms with Crippen LogP contribution in [0.25, 0.3) is 0 Å². The highest BCUT2D eigenvalue weighted by atomic mass is 15.0. The van der Waals surface area contributed by atoms with Gasteiger partial charge in [-0.15, -0.1) is 0 Å². The standard InChI is InChI=1S/C12H30N4/c1-2-3-4-5-6-7-12(14)16-11-10-15-9-8-13/h12,15-16H,2-11,13-14H2,1H3. The summed E-state index contributed by atoms with van der Waals surface area (Å²) in [5.41, 5.74) is 11.3. The van der Waals surface area contributed by atoms with E-state index >= 15 is 0 Å². The maximum atomic E-state index is 5.94. The molecule has 0 rings (SSSR count). The number of hydrogen-bond acceptors (Lipinski definition) is 4. The summed E-state index contributed by atoms with van der Waals surface area (Å²) >= 11 is 0. The summed E-state index contributed by atoms with van der Waals surface area (Å²) in [7, 11) is 0.